The molecule has 1 saturated heterocycles. The Bertz CT molecular complexity index is 1290. The Balaban J connectivity index is 0.00000304. The summed E-state index contributed by atoms with van der Waals surface area (Å²) in [5, 5.41) is 6.60. The van der Waals surface area contributed by atoms with Crippen molar-refractivity contribution in [1.29, 1.82) is 0 Å². The molecule has 1 saturated carbocycles. The molecule has 9 nitrogen and oxygen atoms in total. The van der Waals surface area contributed by atoms with E-state index >= 15 is 0 Å². The minimum Gasteiger partial charge on any atom is -0.449 e. The van der Waals surface area contributed by atoms with Crippen molar-refractivity contribution in [2.75, 3.05) is 22.6 Å². The number of benzene rings is 1. The summed E-state index contributed by atoms with van der Waals surface area (Å²) in [6, 6.07) is 8.17. The number of hydrogen-bond acceptors (Lipinski definition) is 6. The smallest absolute Gasteiger partial charge is 0.292 e. The number of anilines is 3. The molecular weight excluding hydrogens is 505 g/mol. The summed E-state index contributed by atoms with van der Waals surface area (Å²) in [7, 11) is 0. The number of nitrogens with two attached hydrogens (primary N) is 1. The zero-order valence-electron chi connectivity index (χ0n) is 19.5. The van der Waals surface area contributed by atoms with Gasteiger partial charge < -0.3 is 15.5 Å². The average Bonchev–Trinajstić information content (AvgIpc) is 3.49. The van der Waals surface area contributed by atoms with Crippen LogP contribution >= 0.6 is 24.0 Å². The number of carbonyl (C=O) groups excluding carboxylic acids is 3. The largest absolute Gasteiger partial charge is 0.449 e. The molecule has 1 aromatic carbocycles. The second-order valence-electron chi connectivity index (χ2n) is 8.95. The van der Waals surface area contributed by atoms with Crippen LogP contribution in [0.25, 0.3) is 11.0 Å². The first kappa shape index (κ1) is 25.8. The first-order chi connectivity index (χ1) is 16.9. The van der Waals surface area contributed by atoms with Gasteiger partial charge in [0.2, 0.25) is 11.8 Å². The Morgan fingerprint density at radius 3 is 2.58 bits per heavy atom. The number of furan rings is 1. The second kappa shape index (κ2) is 10.8. The van der Waals surface area contributed by atoms with Crippen LogP contribution < -0.4 is 16.1 Å². The number of hydrogen-bond donors (Lipinski definition) is 2. The van der Waals surface area contributed by atoms with Gasteiger partial charge in [-0.1, -0.05) is 30.9 Å². The molecule has 36 heavy (non-hydrogen) atoms. The molecule has 0 spiro atoms. The van der Waals surface area contributed by atoms with Gasteiger partial charge >= 0.3 is 0 Å². The molecule has 190 valence electrons. The van der Waals surface area contributed by atoms with E-state index < -0.39 is 5.91 Å². The highest BCUT2D eigenvalue weighted by atomic mass is 35.5. The van der Waals surface area contributed by atoms with E-state index in [-0.39, 0.29) is 41.5 Å². The summed E-state index contributed by atoms with van der Waals surface area (Å²) in [4.78, 5) is 43.5. The van der Waals surface area contributed by atoms with Gasteiger partial charge in [-0.15, -0.1) is 12.4 Å². The summed E-state index contributed by atoms with van der Waals surface area (Å²) >= 11 is 5.86. The molecule has 0 atom stereocenters. The first-order valence-corrected chi connectivity index (χ1v) is 12.2. The molecule has 5 rings (SSSR count). The normalized spacial score (nSPS) is 16.1. The van der Waals surface area contributed by atoms with Crippen molar-refractivity contribution in [3.8, 4) is 0 Å². The molecule has 3 N–H and O–H groups in total. The van der Waals surface area contributed by atoms with Crippen molar-refractivity contribution in [3.05, 3.63) is 47.3 Å². The number of aromatic nitrogens is 1. The molecule has 0 radical (unpaired) electrons. The molecule has 0 bridgehead atoms. The number of nitrogen functional groups attached to an aromatic ring is 1. The second-order valence-corrected chi connectivity index (χ2v) is 9.39. The van der Waals surface area contributed by atoms with Crippen molar-refractivity contribution in [2.45, 2.75) is 44.9 Å². The van der Waals surface area contributed by atoms with Gasteiger partial charge in [0.25, 0.3) is 5.91 Å². The lowest BCUT2D eigenvalue weighted by atomic mass is 9.88. The number of pyridine rings is 1. The average molecular weight is 532 g/mol. The molecule has 1 aliphatic carbocycles. The topological polar surface area (TPSA) is 122 Å². The van der Waals surface area contributed by atoms with Crippen molar-refractivity contribution in [2.24, 2.45) is 5.92 Å². The van der Waals surface area contributed by atoms with Gasteiger partial charge in [-0.25, -0.2) is 15.0 Å². The lowest BCUT2D eigenvalue weighted by Crippen LogP contribution is -2.50. The van der Waals surface area contributed by atoms with E-state index in [0.29, 0.717) is 47.0 Å². The Hall–Kier alpha value is -3.30. The van der Waals surface area contributed by atoms with Crippen LogP contribution in [0.2, 0.25) is 5.02 Å². The highest BCUT2D eigenvalue weighted by Gasteiger charge is 2.38. The third kappa shape index (κ3) is 4.99. The lowest BCUT2D eigenvalue weighted by molar-refractivity contribution is -0.135. The van der Waals surface area contributed by atoms with Gasteiger partial charge in [0.1, 0.15) is 11.5 Å². The van der Waals surface area contributed by atoms with Crippen LogP contribution in [0.3, 0.4) is 0 Å². The van der Waals surface area contributed by atoms with E-state index in [2.05, 4.69) is 10.3 Å². The summed E-state index contributed by atoms with van der Waals surface area (Å²) in [6.45, 7) is 0.420. The molecule has 2 aliphatic rings. The number of nitrogens with zero attached hydrogens (tertiary/aromatic N) is 3. The van der Waals surface area contributed by atoms with Gasteiger partial charge in [0.15, 0.2) is 11.3 Å². The fraction of sp³-hybridized carbons (Fsp3) is 0.360. The molecular formula is C25H27Cl2N5O4. The lowest BCUT2D eigenvalue weighted by Gasteiger charge is -2.35. The summed E-state index contributed by atoms with van der Waals surface area (Å²) in [5.74, 6) is -0.656. The predicted octanol–water partition coefficient (Wildman–Crippen LogP) is 5.19. The predicted molar refractivity (Wildman–Crippen MR) is 140 cm³/mol. The van der Waals surface area contributed by atoms with Crippen molar-refractivity contribution in [1.82, 2.24) is 9.99 Å². The maximum Gasteiger partial charge on any atom is 0.292 e. The van der Waals surface area contributed by atoms with E-state index in [1.807, 2.05) is 0 Å². The SMILES string of the molecule is Cl.Nc1ccc2cc(C(=O)Nc3ccc(Cl)cn3)oc2c1N(C(=O)C1CCCCC1)N1CCCC1=O. The third-order valence-corrected chi connectivity index (χ3v) is 6.77. The maximum absolute atomic E-state index is 13.8. The van der Waals surface area contributed by atoms with E-state index in [9.17, 15) is 14.4 Å². The molecule has 11 heteroatoms. The van der Waals surface area contributed by atoms with Crippen LogP contribution in [-0.2, 0) is 9.59 Å². The standard InChI is InChI=1S/C25H26ClN5O4.ClH/c26-17-9-11-20(28-14-17)29-24(33)19-13-16-8-10-18(27)22(23(16)35-19)31(30-12-4-7-21(30)32)25(34)15-5-2-1-3-6-15;/h8-11,13-15H,1-7,12,27H2,(H,28,29,33);1H. The maximum atomic E-state index is 13.8. The zero-order valence-corrected chi connectivity index (χ0v) is 21.1. The molecule has 3 heterocycles. The van der Waals surface area contributed by atoms with Gasteiger partial charge in [-0.05, 0) is 49.6 Å². The quantitative estimate of drug-likeness (QED) is 0.437. The number of amides is 3. The fourth-order valence-electron chi connectivity index (χ4n) is 4.78. The fourth-order valence-corrected chi connectivity index (χ4v) is 4.89. The van der Waals surface area contributed by atoms with Gasteiger partial charge in [0, 0.05) is 30.5 Å². The van der Waals surface area contributed by atoms with Crippen LogP contribution in [0.15, 0.2) is 40.9 Å². The van der Waals surface area contributed by atoms with E-state index in [1.54, 1.807) is 30.3 Å². The van der Waals surface area contributed by atoms with Crippen LogP contribution in [0.4, 0.5) is 17.2 Å². The number of fused-ring (bicyclic) bond motifs is 1. The Morgan fingerprint density at radius 2 is 1.92 bits per heavy atom. The van der Waals surface area contributed by atoms with E-state index in [4.69, 9.17) is 21.8 Å². The van der Waals surface area contributed by atoms with Crippen molar-refractivity contribution < 1.29 is 18.8 Å². The number of rotatable bonds is 5. The molecule has 2 aromatic heterocycles. The summed E-state index contributed by atoms with van der Waals surface area (Å²) in [6.07, 6.45) is 7.04. The molecule has 3 amide bonds. The minimum absolute atomic E-state index is 0. The summed E-state index contributed by atoms with van der Waals surface area (Å²) in [5.41, 5.74) is 7.25. The van der Waals surface area contributed by atoms with Crippen molar-refractivity contribution in [3.63, 3.8) is 0 Å². The molecule has 1 aliphatic heterocycles. The highest BCUT2D eigenvalue weighted by Crippen LogP contribution is 2.39. The first-order valence-electron chi connectivity index (χ1n) is 11.8. The van der Waals surface area contributed by atoms with Crippen LogP contribution in [0.5, 0.6) is 0 Å². The highest BCUT2D eigenvalue weighted by molar-refractivity contribution is 6.30. The third-order valence-electron chi connectivity index (χ3n) is 6.55. The summed E-state index contributed by atoms with van der Waals surface area (Å²) < 4.78 is 5.97. The van der Waals surface area contributed by atoms with Gasteiger partial charge in [0.05, 0.1) is 10.7 Å². The minimum atomic E-state index is -0.511. The zero-order chi connectivity index (χ0) is 24.5. The number of nitrogens with one attached hydrogen (secondary N) is 1. The van der Waals surface area contributed by atoms with Crippen LogP contribution in [0, 0.1) is 5.92 Å². The monoisotopic (exact) mass is 531 g/mol. The van der Waals surface area contributed by atoms with E-state index in [0.717, 1.165) is 32.1 Å². The molecule has 2 fully saturated rings. The van der Waals surface area contributed by atoms with Crippen LogP contribution in [0.1, 0.15) is 55.5 Å². The number of hydrazine groups is 1. The Kier molecular flexibility index (Phi) is 7.70. The van der Waals surface area contributed by atoms with E-state index in [1.165, 1.54) is 16.2 Å². The molecule has 0 unspecified atom stereocenters. The van der Waals surface area contributed by atoms with Crippen molar-refractivity contribution >= 4 is 69.9 Å². The van der Waals surface area contributed by atoms with Crippen LogP contribution in [-0.4, -0.2) is 34.3 Å². The van der Waals surface area contributed by atoms with Gasteiger partial charge in [-0.2, -0.15) is 0 Å². The number of carbonyl (C=O) groups is 3. The number of halogens is 2. The molecule has 3 aromatic rings. The Morgan fingerprint density at radius 1 is 1.14 bits per heavy atom. The Labute approximate surface area is 219 Å². The van der Waals surface area contributed by atoms with Gasteiger partial charge in [-0.3, -0.25) is 14.4 Å².